The quantitative estimate of drug-likeness (QED) is 0.417. The highest BCUT2D eigenvalue weighted by molar-refractivity contribution is 6.30. The van der Waals surface area contributed by atoms with Crippen LogP contribution in [0.5, 0.6) is 0 Å². The molecule has 10 heteroatoms. The van der Waals surface area contributed by atoms with Crippen LogP contribution in [0.3, 0.4) is 0 Å². The van der Waals surface area contributed by atoms with Gasteiger partial charge in [0.2, 0.25) is 11.5 Å². The molecular weight excluding hydrogens is 328 g/mol. The molecule has 0 spiro atoms. The molecule has 2 aromatic heterocycles. The number of anilines is 1. The van der Waals surface area contributed by atoms with Crippen LogP contribution in [0.15, 0.2) is 17.1 Å². The Morgan fingerprint density at radius 3 is 3.00 bits per heavy atom. The van der Waals surface area contributed by atoms with Crippen LogP contribution in [0.2, 0.25) is 0 Å². The first kappa shape index (κ1) is 15.8. The van der Waals surface area contributed by atoms with E-state index in [1.54, 1.807) is 0 Å². The van der Waals surface area contributed by atoms with Gasteiger partial charge < -0.3 is 30.4 Å². The van der Waals surface area contributed by atoms with Gasteiger partial charge in [-0.25, -0.2) is 0 Å². The normalized spacial score (nSPS) is 30.3. The predicted octanol–water partition coefficient (Wildman–Crippen LogP) is -1.51. The number of hydrogen-bond donors (Lipinski definition) is 5. The number of aromatic nitrogens is 3. The molecule has 23 heavy (non-hydrogen) atoms. The van der Waals surface area contributed by atoms with E-state index in [1.165, 1.54) is 16.8 Å². The van der Waals surface area contributed by atoms with Crippen LogP contribution in [0, 0.1) is 11.3 Å². The number of ether oxygens (including phenoxy) is 1. The van der Waals surface area contributed by atoms with E-state index in [1.807, 2.05) is 5.38 Å². The molecule has 1 aliphatic heterocycles. The molecule has 3 rings (SSSR count). The fourth-order valence-corrected chi connectivity index (χ4v) is 2.81. The number of aromatic amines is 1. The van der Waals surface area contributed by atoms with Gasteiger partial charge in [-0.3, -0.25) is 9.78 Å². The van der Waals surface area contributed by atoms with Gasteiger partial charge in [0.25, 0.3) is 5.56 Å². The second-order valence-corrected chi connectivity index (χ2v) is 5.30. The van der Waals surface area contributed by atoms with Gasteiger partial charge in [0.05, 0.1) is 12.0 Å². The number of fused-ring (bicyclic) bond motifs is 1. The number of nitrogen functional groups attached to an aromatic ring is 1. The third kappa shape index (κ3) is 2.28. The molecular formula is C13H13ClN4O5. The van der Waals surface area contributed by atoms with Crippen LogP contribution in [0.4, 0.5) is 5.95 Å². The first-order valence-corrected chi connectivity index (χ1v) is 6.96. The fourth-order valence-electron chi connectivity index (χ4n) is 2.65. The molecule has 6 N–H and O–H groups in total. The van der Waals surface area contributed by atoms with Crippen molar-refractivity contribution < 1.29 is 20.1 Å². The minimum atomic E-state index is -2.10. The molecule has 9 nitrogen and oxygen atoms in total. The maximum atomic E-state index is 11.9. The van der Waals surface area contributed by atoms with Gasteiger partial charge in [0.15, 0.2) is 11.9 Å². The molecule has 1 unspecified atom stereocenters. The molecule has 0 radical (unpaired) electrons. The SMILES string of the molecule is Nc1nc2c(ccn2[C@@H]2O[C@H](CO)C(O)[C@]2(O)C#CCl)c(=O)[nH]1. The zero-order valence-electron chi connectivity index (χ0n) is 11.6. The van der Waals surface area contributed by atoms with Gasteiger partial charge >= 0.3 is 0 Å². The first-order valence-electron chi connectivity index (χ1n) is 6.58. The number of aliphatic hydroxyl groups excluding tert-OH is 2. The molecule has 1 aliphatic rings. The number of H-pyrrole nitrogens is 1. The highest BCUT2D eigenvalue weighted by atomic mass is 35.5. The number of aliphatic hydroxyl groups is 3. The van der Waals surface area contributed by atoms with Gasteiger partial charge in [-0.15, -0.1) is 0 Å². The number of rotatable bonds is 2. The van der Waals surface area contributed by atoms with E-state index in [2.05, 4.69) is 15.9 Å². The van der Waals surface area contributed by atoms with Crippen molar-refractivity contribution in [3.05, 3.63) is 22.6 Å². The predicted molar refractivity (Wildman–Crippen MR) is 80.3 cm³/mol. The summed E-state index contributed by atoms with van der Waals surface area (Å²) in [6, 6.07) is 1.46. The minimum absolute atomic E-state index is 0.119. The molecule has 2 aromatic rings. The Morgan fingerprint density at radius 2 is 2.35 bits per heavy atom. The summed E-state index contributed by atoms with van der Waals surface area (Å²) in [5.74, 6) is 2.17. The number of nitrogens with zero attached hydrogens (tertiary/aromatic N) is 2. The Labute approximate surface area is 134 Å². The number of halogens is 1. The maximum absolute atomic E-state index is 11.9. The van der Waals surface area contributed by atoms with Gasteiger partial charge in [0, 0.05) is 11.6 Å². The van der Waals surface area contributed by atoms with Gasteiger partial charge in [0.1, 0.15) is 12.2 Å². The van der Waals surface area contributed by atoms with Crippen molar-refractivity contribution in [3.63, 3.8) is 0 Å². The van der Waals surface area contributed by atoms with E-state index in [0.717, 1.165) is 0 Å². The topological polar surface area (TPSA) is 147 Å². The van der Waals surface area contributed by atoms with Crippen LogP contribution >= 0.6 is 11.6 Å². The number of hydrogen-bond acceptors (Lipinski definition) is 7. The monoisotopic (exact) mass is 340 g/mol. The largest absolute Gasteiger partial charge is 0.394 e. The van der Waals surface area contributed by atoms with Crippen LogP contribution in [0.1, 0.15) is 6.23 Å². The molecule has 0 saturated carbocycles. The molecule has 0 amide bonds. The first-order chi connectivity index (χ1) is 10.9. The lowest BCUT2D eigenvalue weighted by molar-refractivity contribution is -0.0718. The Bertz CT molecular complexity index is 869. The second kappa shape index (κ2) is 5.52. The summed E-state index contributed by atoms with van der Waals surface area (Å²) >= 11 is 5.37. The smallest absolute Gasteiger partial charge is 0.261 e. The molecule has 122 valence electrons. The standard InChI is InChI=1S/C13H13ClN4O5/c14-3-2-13(22)8(20)7(5-19)23-11(13)18-4-1-6-9(18)16-12(15)17-10(6)21/h1,4,7-8,11,19-20,22H,5H2,(H3,15,16,17,21)/t7-,8?,11-,13-/m1/s1. The van der Waals surface area contributed by atoms with Crippen molar-refractivity contribution in [3.8, 4) is 11.3 Å². The summed E-state index contributed by atoms with van der Waals surface area (Å²) in [5, 5.41) is 32.4. The molecule has 1 saturated heterocycles. The Kier molecular flexibility index (Phi) is 3.79. The zero-order chi connectivity index (χ0) is 16.8. The Morgan fingerprint density at radius 1 is 1.61 bits per heavy atom. The van der Waals surface area contributed by atoms with Crippen molar-refractivity contribution >= 4 is 28.6 Å². The summed E-state index contributed by atoms with van der Waals surface area (Å²) in [6.45, 7) is -0.542. The average molecular weight is 341 g/mol. The lowest BCUT2D eigenvalue weighted by Crippen LogP contribution is -2.45. The molecule has 3 heterocycles. The van der Waals surface area contributed by atoms with E-state index in [-0.39, 0.29) is 17.0 Å². The van der Waals surface area contributed by atoms with Crippen molar-refractivity contribution in [1.82, 2.24) is 14.5 Å². The average Bonchev–Trinajstić information content (AvgIpc) is 3.01. The van der Waals surface area contributed by atoms with Crippen molar-refractivity contribution in [2.75, 3.05) is 12.3 Å². The molecule has 4 atom stereocenters. The van der Waals surface area contributed by atoms with Gasteiger partial charge in [-0.05, 0) is 23.6 Å². The van der Waals surface area contributed by atoms with Crippen molar-refractivity contribution in [1.29, 1.82) is 0 Å². The highest BCUT2D eigenvalue weighted by Gasteiger charge is 2.55. The van der Waals surface area contributed by atoms with Crippen LogP contribution in [-0.4, -0.2) is 54.3 Å². The fraction of sp³-hybridized carbons (Fsp3) is 0.385. The number of nitrogens with one attached hydrogen (secondary N) is 1. The lowest BCUT2D eigenvalue weighted by atomic mass is 9.95. The van der Waals surface area contributed by atoms with E-state index in [0.29, 0.717) is 0 Å². The minimum Gasteiger partial charge on any atom is -0.394 e. The van der Waals surface area contributed by atoms with Gasteiger partial charge in [-0.2, -0.15) is 4.98 Å². The third-order valence-electron chi connectivity index (χ3n) is 3.76. The maximum Gasteiger partial charge on any atom is 0.261 e. The van der Waals surface area contributed by atoms with Crippen molar-refractivity contribution in [2.24, 2.45) is 0 Å². The second-order valence-electron chi connectivity index (χ2n) is 5.11. The van der Waals surface area contributed by atoms with Crippen molar-refractivity contribution in [2.45, 2.75) is 24.0 Å². The molecule has 0 bridgehead atoms. The third-order valence-corrected chi connectivity index (χ3v) is 3.86. The summed E-state index contributed by atoms with van der Waals surface area (Å²) in [7, 11) is 0. The summed E-state index contributed by atoms with van der Waals surface area (Å²) < 4.78 is 6.79. The van der Waals surface area contributed by atoms with E-state index in [9.17, 15) is 20.1 Å². The van der Waals surface area contributed by atoms with Gasteiger partial charge in [-0.1, -0.05) is 0 Å². The van der Waals surface area contributed by atoms with E-state index >= 15 is 0 Å². The summed E-state index contributed by atoms with van der Waals surface area (Å²) in [6.07, 6.45) is -2.41. The lowest BCUT2D eigenvalue weighted by Gasteiger charge is -2.26. The zero-order valence-corrected chi connectivity index (χ0v) is 12.4. The van der Waals surface area contributed by atoms with E-state index in [4.69, 9.17) is 22.1 Å². The Balaban J connectivity index is 2.20. The summed E-state index contributed by atoms with van der Waals surface area (Å²) in [4.78, 5) is 18.2. The van der Waals surface area contributed by atoms with Crippen LogP contribution in [-0.2, 0) is 4.74 Å². The van der Waals surface area contributed by atoms with Crippen LogP contribution in [0.25, 0.3) is 11.0 Å². The molecule has 0 aliphatic carbocycles. The molecule has 1 fully saturated rings. The molecule has 0 aromatic carbocycles. The Hall–Kier alpha value is -2.09. The highest BCUT2D eigenvalue weighted by Crippen LogP contribution is 2.39. The van der Waals surface area contributed by atoms with Crippen LogP contribution < -0.4 is 11.3 Å². The van der Waals surface area contributed by atoms with E-state index < -0.39 is 36.2 Å². The number of nitrogens with two attached hydrogens (primary N) is 1. The summed E-state index contributed by atoms with van der Waals surface area (Å²) in [5.41, 5.74) is 3.11.